The number of nitrogens with zero attached hydrogens (tertiary/aromatic N) is 1. The molecule has 1 saturated heterocycles. The zero-order valence-corrected chi connectivity index (χ0v) is 12.5. The molecule has 6 nitrogen and oxygen atoms in total. The van der Waals surface area contributed by atoms with Gasteiger partial charge in [-0.3, -0.25) is 9.78 Å². The van der Waals surface area contributed by atoms with Crippen molar-refractivity contribution < 1.29 is 13.2 Å². The van der Waals surface area contributed by atoms with Crippen LogP contribution in [0, 0.1) is 12.8 Å². The lowest BCUT2D eigenvalue weighted by molar-refractivity contribution is 0.0949. The van der Waals surface area contributed by atoms with Gasteiger partial charge in [-0.15, -0.1) is 0 Å². The fraction of sp³-hybridized carbons (Fsp3) is 0.538. The van der Waals surface area contributed by atoms with E-state index in [0.717, 1.165) is 5.69 Å². The minimum absolute atomic E-state index is 0.0143. The minimum Gasteiger partial charge on any atom is -0.387 e. The van der Waals surface area contributed by atoms with Crippen LogP contribution in [0.5, 0.6) is 0 Å². The van der Waals surface area contributed by atoms with Crippen LogP contribution in [-0.2, 0) is 9.84 Å². The Morgan fingerprint density at radius 2 is 2.25 bits per heavy atom. The molecule has 7 heteroatoms. The van der Waals surface area contributed by atoms with E-state index in [2.05, 4.69) is 15.6 Å². The zero-order chi connectivity index (χ0) is 14.8. The van der Waals surface area contributed by atoms with Gasteiger partial charge in [-0.1, -0.05) is 0 Å². The van der Waals surface area contributed by atoms with E-state index in [4.69, 9.17) is 0 Å². The first kappa shape index (κ1) is 14.8. The number of aromatic nitrogens is 1. The van der Waals surface area contributed by atoms with E-state index >= 15 is 0 Å². The molecule has 1 unspecified atom stereocenters. The topological polar surface area (TPSA) is 88.2 Å². The Morgan fingerprint density at radius 1 is 1.50 bits per heavy atom. The number of pyridine rings is 1. The number of carbonyl (C=O) groups excluding carboxylic acids is 1. The molecule has 1 aliphatic rings. The zero-order valence-electron chi connectivity index (χ0n) is 11.6. The highest BCUT2D eigenvalue weighted by Crippen LogP contribution is 2.18. The van der Waals surface area contributed by atoms with Crippen LogP contribution >= 0.6 is 0 Å². The maximum Gasteiger partial charge on any atom is 0.254 e. The number of rotatable bonds is 4. The summed E-state index contributed by atoms with van der Waals surface area (Å²) in [5.41, 5.74) is 2.01. The first-order chi connectivity index (χ1) is 9.41. The highest BCUT2D eigenvalue weighted by molar-refractivity contribution is 7.91. The predicted octanol–water partition coefficient (Wildman–Crippen LogP) is 0.596. The van der Waals surface area contributed by atoms with Crippen LogP contribution in [0.4, 0.5) is 5.69 Å². The predicted molar refractivity (Wildman–Crippen MR) is 77.6 cm³/mol. The normalized spacial score (nSPS) is 20.6. The van der Waals surface area contributed by atoms with Gasteiger partial charge in [-0.25, -0.2) is 8.42 Å². The summed E-state index contributed by atoms with van der Waals surface area (Å²) in [5, 5.41) is 5.75. The quantitative estimate of drug-likeness (QED) is 0.849. The number of carbonyl (C=O) groups is 1. The number of nitrogens with one attached hydrogen (secondary N) is 2. The van der Waals surface area contributed by atoms with Gasteiger partial charge in [0.25, 0.3) is 5.91 Å². The molecule has 1 aromatic rings. The number of anilines is 1. The summed E-state index contributed by atoms with van der Waals surface area (Å²) in [7, 11) is -1.16. The van der Waals surface area contributed by atoms with Crippen LogP contribution in [-0.4, -0.2) is 44.4 Å². The van der Waals surface area contributed by atoms with Gasteiger partial charge >= 0.3 is 0 Å². The van der Waals surface area contributed by atoms with E-state index in [1.807, 2.05) is 6.92 Å². The van der Waals surface area contributed by atoms with Gasteiger partial charge < -0.3 is 10.6 Å². The number of aryl methyl sites for hydroxylation is 1. The van der Waals surface area contributed by atoms with Crippen molar-refractivity contribution in [1.29, 1.82) is 0 Å². The van der Waals surface area contributed by atoms with Crippen molar-refractivity contribution >= 4 is 21.4 Å². The second kappa shape index (κ2) is 5.78. The third-order valence-corrected chi connectivity index (χ3v) is 5.27. The van der Waals surface area contributed by atoms with Gasteiger partial charge in [0, 0.05) is 25.5 Å². The van der Waals surface area contributed by atoms with Crippen molar-refractivity contribution in [3.05, 3.63) is 23.5 Å². The molecule has 1 aliphatic heterocycles. The first-order valence-corrected chi connectivity index (χ1v) is 8.36. The molecule has 0 radical (unpaired) electrons. The number of hydrogen-bond acceptors (Lipinski definition) is 5. The number of amides is 1. The Morgan fingerprint density at radius 3 is 2.85 bits per heavy atom. The van der Waals surface area contributed by atoms with E-state index < -0.39 is 9.84 Å². The van der Waals surface area contributed by atoms with Crippen LogP contribution in [0.25, 0.3) is 0 Å². The summed E-state index contributed by atoms with van der Waals surface area (Å²) in [5.74, 6) is 0.172. The average Bonchev–Trinajstić information content (AvgIpc) is 2.75. The largest absolute Gasteiger partial charge is 0.387 e. The van der Waals surface area contributed by atoms with Crippen LogP contribution in [0.1, 0.15) is 22.5 Å². The summed E-state index contributed by atoms with van der Waals surface area (Å²) in [6, 6.07) is 1.80. The van der Waals surface area contributed by atoms with Crippen molar-refractivity contribution in [3.63, 3.8) is 0 Å². The fourth-order valence-electron chi connectivity index (χ4n) is 2.31. The highest BCUT2D eigenvalue weighted by atomic mass is 32.2. The monoisotopic (exact) mass is 297 g/mol. The minimum atomic E-state index is -2.90. The van der Waals surface area contributed by atoms with Gasteiger partial charge in [0.15, 0.2) is 9.84 Å². The molecule has 0 aliphatic carbocycles. The Bertz CT molecular complexity index is 613. The Hall–Kier alpha value is -1.63. The lowest BCUT2D eigenvalue weighted by Gasteiger charge is -2.12. The molecule has 110 valence electrons. The SMILES string of the molecule is CNc1cc(C)ncc1C(=O)NCC1CCS(=O)(=O)C1. The molecule has 20 heavy (non-hydrogen) atoms. The lowest BCUT2D eigenvalue weighted by Crippen LogP contribution is -2.30. The summed E-state index contributed by atoms with van der Waals surface area (Å²) >= 11 is 0. The molecular formula is C13H19N3O3S. The molecule has 2 heterocycles. The van der Waals surface area contributed by atoms with E-state index in [9.17, 15) is 13.2 Å². The third kappa shape index (κ3) is 3.47. The van der Waals surface area contributed by atoms with Gasteiger partial charge in [-0.05, 0) is 25.3 Å². The van der Waals surface area contributed by atoms with Crippen molar-refractivity contribution in [1.82, 2.24) is 10.3 Å². The van der Waals surface area contributed by atoms with Crippen LogP contribution < -0.4 is 10.6 Å². The van der Waals surface area contributed by atoms with Crippen LogP contribution in [0.15, 0.2) is 12.3 Å². The lowest BCUT2D eigenvalue weighted by atomic mass is 10.1. The fourth-order valence-corrected chi connectivity index (χ4v) is 4.17. The van der Waals surface area contributed by atoms with Crippen LogP contribution in [0.3, 0.4) is 0 Å². The molecule has 0 bridgehead atoms. The summed E-state index contributed by atoms with van der Waals surface area (Å²) in [6.45, 7) is 2.24. The van der Waals surface area contributed by atoms with Crippen molar-refractivity contribution in [2.24, 2.45) is 5.92 Å². The van der Waals surface area contributed by atoms with E-state index in [-0.39, 0.29) is 23.3 Å². The highest BCUT2D eigenvalue weighted by Gasteiger charge is 2.28. The average molecular weight is 297 g/mol. The standard InChI is InChI=1S/C13H19N3O3S/c1-9-5-12(14-2)11(7-15-9)13(17)16-6-10-3-4-20(18,19)8-10/h5,7,10H,3-4,6,8H2,1-2H3,(H,14,15)(H,16,17). The van der Waals surface area contributed by atoms with Crippen LogP contribution in [0.2, 0.25) is 0 Å². The summed E-state index contributed by atoms with van der Waals surface area (Å²) in [4.78, 5) is 16.2. The Labute approximate surface area is 118 Å². The van der Waals surface area contributed by atoms with Crippen molar-refractivity contribution in [2.75, 3.05) is 30.4 Å². The van der Waals surface area contributed by atoms with E-state index in [1.165, 1.54) is 6.20 Å². The third-order valence-electron chi connectivity index (χ3n) is 3.43. The molecule has 1 atom stereocenters. The van der Waals surface area contributed by atoms with Crippen molar-refractivity contribution in [2.45, 2.75) is 13.3 Å². The molecule has 0 aromatic carbocycles. The maximum absolute atomic E-state index is 12.1. The smallest absolute Gasteiger partial charge is 0.254 e. The molecule has 2 rings (SSSR count). The van der Waals surface area contributed by atoms with E-state index in [0.29, 0.717) is 24.2 Å². The number of sulfone groups is 1. The molecule has 1 amide bonds. The second-order valence-electron chi connectivity index (χ2n) is 5.10. The van der Waals surface area contributed by atoms with E-state index in [1.54, 1.807) is 13.1 Å². The van der Waals surface area contributed by atoms with Gasteiger partial charge in [0.1, 0.15) is 0 Å². The second-order valence-corrected chi connectivity index (χ2v) is 7.33. The maximum atomic E-state index is 12.1. The molecule has 1 aromatic heterocycles. The molecular weight excluding hydrogens is 278 g/mol. The summed E-state index contributed by atoms with van der Waals surface area (Å²) < 4.78 is 22.7. The number of hydrogen-bond donors (Lipinski definition) is 2. The van der Waals surface area contributed by atoms with Gasteiger partial charge in [-0.2, -0.15) is 0 Å². The Balaban J connectivity index is 1.99. The molecule has 0 spiro atoms. The first-order valence-electron chi connectivity index (χ1n) is 6.54. The summed E-state index contributed by atoms with van der Waals surface area (Å²) in [6.07, 6.45) is 2.15. The molecule has 0 saturated carbocycles. The van der Waals surface area contributed by atoms with Gasteiger partial charge in [0.05, 0.1) is 22.8 Å². The van der Waals surface area contributed by atoms with Crippen molar-refractivity contribution in [3.8, 4) is 0 Å². The van der Waals surface area contributed by atoms with Gasteiger partial charge in [0.2, 0.25) is 0 Å². The molecule has 1 fully saturated rings. The Kier molecular flexibility index (Phi) is 4.27. The molecule has 2 N–H and O–H groups in total.